The van der Waals surface area contributed by atoms with Crippen LogP contribution in [0.5, 0.6) is 0 Å². The van der Waals surface area contributed by atoms with Crippen molar-refractivity contribution in [2.45, 2.75) is 13.5 Å². The summed E-state index contributed by atoms with van der Waals surface area (Å²) in [6, 6.07) is 1.91. The average molecular weight is 209 g/mol. The second-order valence-corrected chi connectivity index (χ2v) is 3.26. The summed E-state index contributed by atoms with van der Waals surface area (Å²) < 4.78 is 9.66. The van der Waals surface area contributed by atoms with Crippen molar-refractivity contribution in [3.63, 3.8) is 0 Å². The van der Waals surface area contributed by atoms with E-state index in [9.17, 15) is 4.79 Å². The van der Waals surface area contributed by atoms with Gasteiger partial charge >= 0.3 is 5.97 Å². The summed E-state index contributed by atoms with van der Waals surface area (Å²) in [5.41, 5.74) is 1.10. The van der Waals surface area contributed by atoms with E-state index in [4.69, 9.17) is 4.42 Å². The number of esters is 1. The summed E-state index contributed by atoms with van der Waals surface area (Å²) in [5.74, 6) is 0.541. The number of nitrogens with zero attached hydrogens (tertiary/aromatic N) is 1. The van der Waals surface area contributed by atoms with Gasteiger partial charge in [-0.3, -0.25) is 0 Å². The molecule has 0 atom stereocenters. The first-order valence-corrected chi connectivity index (χ1v) is 4.63. The van der Waals surface area contributed by atoms with E-state index in [-0.39, 0.29) is 5.97 Å². The first-order valence-electron chi connectivity index (χ1n) is 4.63. The number of aryl methyl sites for hydroxylation is 1. The second kappa shape index (κ2) is 5.24. The molecular formula is C11H15NO3. The number of hydrogen-bond donors (Lipinski definition) is 0. The van der Waals surface area contributed by atoms with Crippen LogP contribution in [0.1, 0.15) is 11.3 Å². The van der Waals surface area contributed by atoms with Crippen LogP contribution in [0.2, 0.25) is 0 Å². The maximum atomic E-state index is 10.8. The van der Waals surface area contributed by atoms with Gasteiger partial charge in [-0.05, 0) is 13.0 Å². The first-order chi connectivity index (χ1) is 7.13. The van der Waals surface area contributed by atoms with Gasteiger partial charge in [-0.25, -0.2) is 4.79 Å². The van der Waals surface area contributed by atoms with Crippen LogP contribution in [0, 0.1) is 6.92 Å². The third-order valence-electron chi connectivity index (χ3n) is 2.05. The zero-order chi connectivity index (χ0) is 11.3. The molecule has 0 radical (unpaired) electrons. The van der Waals surface area contributed by atoms with Crippen LogP contribution >= 0.6 is 0 Å². The quantitative estimate of drug-likeness (QED) is 0.559. The Morgan fingerprint density at radius 3 is 2.93 bits per heavy atom. The van der Waals surface area contributed by atoms with E-state index in [0.717, 1.165) is 11.3 Å². The average Bonchev–Trinajstić information content (AvgIpc) is 2.61. The van der Waals surface area contributed by atoms with E-state index in [1.807, 2.05) is 24.9 Å². The summed E-state index contributed by atoms with van der Waals surface area (Å²) >= 11 is 0. The minimum atomic E-state index is -0.356. The third kappa shape index (κ3) is 3.50. The molecule has 1 aromatic rings. The van der Waals surface area contributed by atoms with E-state index in [1.54, 1.807) is 12.5 Å². The lowest BCUT2D eigenvalue weighted by Crippen LogP contribution is -2.11. The zero-order valence-electron chi connectivity index (χ0n) is 9.19. The Labute approximate surface area is 89.1 Å². The van der Waals surface area contributed by atoms with Crippen LogP contribution in [0.25, 0.3) is 0 Å². The van der Waals surface area contributed by atoms with Crippen molar-refractivity contribution in [2.24, 2.45) is 0 Å². The molecule has 0 N–H and O–H groups in total. The van der Waals surface area contributed by atoms with Crippen molar-refractivity contribution in [1.29, 1.82) is 0 Å². The molecule has 0 bridgehead atoms. The van der Waals surface area contributed by atoms with Gasteiger partial charge < -0.3 is 14.1 Å². The molecule has 0 aliphatic heterocycles. The maximum Gasteiger partial charge on any atom is 0.331 e. The van der Waals surface area contributed by atoms with Gasteiger partial charge in [0, 0.05) is 31.4 Å². The molecule has 1 rings (SSSR count). The fourth-order valence-electron chi connectivity index (χ4n) is 1.15. The van der Waals surface area contributed by atoms with E-state index in [0.29, 0.717) is 6.54 Å². The van der Waals surface area contributed by atoms with Crippen molar-refractivity contribution in [3.8, 4) is 0 Å². The summed E-state index contributed by atoms with van der Waals surface area (Å²) in [5, 5.41) is 0. The number of furan rings is 1. The van der Waals surface area contributed by atoms with Gasteiger partial charge in [0.15, 0.2) is 0 Å². The predicted molar refractivity (Wildman–Crippen MR) is 56.1 cm³/mol. The van der Waals surface area contributed by atoms with Gasteiger partial charge in [0.1, 0.15) is 5.76 Å². The fraction of sp³-hybridized carbons (Fsp3) is 0.364. The molecule has 0 amide bonds. The Bertz CT molecular complexity index is 354. The maximum absolute atomic E-state index is 10.8. The molecule has 82 valence electrons. The summed E-state index contributed by atoms with van der Waals surface area (Å²) in [6.07, 6.45) is 4.72. The number of rotatable bonds is 4. The van der Waals surface area contributed by atoms with Gasteiger partial charge in [-0.1, -0.05) is 0 Å². The zero-order valence-corrected chi connectivity index (χ0v) is 9.19. The van der Waals surface area contributed by atoms with E-state index in [2.05, 4.69) is 4.74 Å². The van der Waals surface area contributed by atoms with Crippen molar-refractivity contribution in [2.75, 3.05) is 14.2 Å². The third-order valence-corrected chi connectivity index (χ3v) is 2.05. The monoisotopic (exact) mass is 209 g/mol. The molecule has 4 heteroatoms. The molecule has 15 heavy (non-hydrogen) atoms. The number of carbonyl (C=O) groups excluding carboxylic acids is 1. The van der Waals surface area contributed by atoms with E-state index < -0.39 is 0 Å². The van der Waals surface area contributed by atoms with Crippen LogP contribution in [0.4, 0.5) is 0 Å². The Morgan fingerprint density at radius 1 is 1.67 bits per heavy atom. The summed E-state index contributed by atoms with van der Waals surface area (Å²) in [4.78, 5) is 12.7. The van der Waals surface area contributed by atoms with Crippen LogP contribution < -0.4 is 0 Å². The molecule has 0 unspecified atom stereocenters. The molecule has 0 aliphatic carbocycles. The number of ether oxygens (including phenoxy) is 1. The molecule has 0 fully saturated rings. The molecule has 1 aromatic heterocycles. The minimum absolute atomic E-state index is 0.356. The summed E-state index contributed by atoms with van der Waals surface area (Å²) in [6.45, 7) is 2.61. The number of carbonyl (C=O) groups is 1. The predicted octanol–water partition coefficient (Wildman–Crippen LogP) is 1.71. The standard InChI is InChI=1S/C11H15NO3/c1-9-10(5-7-15-9)8-12(2)6-4-11(13)14-3/h4-7H,8H2,1-3H3. The summed E-state index contributed by atoms with van der Waals surface area (Å²) in [7, 11) is 3.23. The molecular weight excluding hydrogens is 194 g/mol. The van der Waals surface area contributed by atoms with Gasteiger partial charge in [0.25, 0.3) is 0 Å². The van der Waals surface area contributed by atoms with Gasteiger partial charge in [0.2, 0.25) is 0 Å². The lowest BCUT2D eigenvalue weighted by atomic mass is 10.2. The van der Waals surface area contributed by atoms with Crippen molar-refractivity contribution < 1.29 is 13.9 Å². The molecule has 0 spiro atoms. The molecule has 1 heterocycles. The lowest BCUT2D eigenvalue weighted by Gasteiger charge is -2.12. The minimum Gasteiger partial charge on any atom is -0.469 e. The Balaban J connectivity index is 2.50. The van der Waals surface area contributed by atoms with E-state index in [1.165, 1.54) is 13.2 Å². The first kappa shape index (κ1) is 11.4. The molecule has 0 aromatic carbocycles. The molecule has 0 saturated heterocycles. The number of hydrogen-bond acceptors (Lipinski definition) is 4. The molecule has 0 saturated carbocycles. The lowest BCUT2D eigenvalue weighted by molar-refractivity contribution is -0.134. The van der Waals surface area contributed by atoms with Crippen LogP contribution in [-0.2, 0) is 16.1 Å². The van der Waals surface area contributed by atoms with Crippen molar-refractivity contribution in [3.05, 3.63) is 35.9 Å². The van der Waals surface area contributed by atoms with Crippen molar-refractivity contribution >= 4 is 5.97 Å². The molecule has 4 nitrogen and oxygen atoms in total. The smallest absolute Gasteiger partial charge is 0.331 e. The van der Waals surface area contributed by atoms with Gasteiger partial charge in [0.05, 0.1) is 13.4 Å². The van der Waals surface area contributed by atoms with Gasteiger partial charge in [-0.15, -0.1) is 0 Å². The largest absolute Gasteiger partial charge is 0.469 e. The normalized spacial score (nSPS) is 10.6. The fourth-order valence-corrected chi connectivity index (χ4v) is 1.15. The van der Waals surface area contributed by atoms with E-state index >= 15 is 0 Å². The SMILES string of the molecule is COC(=O)C=CN(C)Cc1ccoc1C. The van der Waals surface area contributed by atoms with Crippen LogP contribution in [0.3, 0.4) is 0 Å². The highest BCUT2D eigenvalue weighted by atomic mass is 16.5. The Morgan fingerprint density at radius 2 is 2.40 bits per heavy atom. The van der Waals surface area contributed by atoms with Crippen LogP contribution in [-0.4, -0.2) is 25.0 Å². The number of methoxy groups -OCH3 is 1. The highest BCUT2D eigenvalue weighted by Gasteiger charge is 2.02. The second-order valence-electron chi connectivity index (χ2n) is 3.26. The molecule has 0 aliphatic rings. The van der Waals surface area contributed by atoms with Crippen LogP contribution in [0.15, 0.2) is 29.0 Å². The topological polar surface area (TPSA) is 42.7 Å². The van der Waals surface area contributed by atoms with Crippen molar-refractivity contribution in [1.82, 2.24) is 4.90 Å². The van der Waals surface area contributed by atoms with Gasteiger partial charge in [-0.2, -0.15) is 0 Å². The Hall–Kier alpha value is -1.71. The highest BCUT2D eigenvalue weighted by Crippen LogP contribution is 2.10. The highest BCUT2D eigenvalue weighted by molar-refractivity contribution is 5.81. The Kier molecular flexibility index (Phi) is 3.97.